The molecule has 1 unspecified atom stereocenters. The molecule has 16 heavy (non-hydrogen) atoms. The molecule has 0 saturated carbocycles. The van der Waals surface area contributed by atoms with E-state index in [1.54, 1.807) is 6.33 Å². The first-order valence-corrected chi connectivity index (χ1v) is 5.41. The van der Waals surface area contributed by atoms with Gasteiger partial charge in [0.1, 0.15) is 6.33 Å². The van der Waals surface area contributed by atoms with E-state index in [2.05, 4.69) is 34.4 Å². The minimum absolute atomic E-state index is 0.00316. The molecule has 0 fully saturated rings. The van der Waals surface area contributed by atoms with E-state index < -0.39 is 0 Å². The van der Waals surface area contributed by atoms with Gasteiger partial charge in [-0.05, 0) is 12.8 Å². The molecular formula is C10H20N6. The van der Waals surface area contributed by atoms with Gasteiger partial charge in [0.05, 0.1) is 6.04 Å². The van der Waals surface area contributed by atoms with E-state index in [1.807, 2.05) is 18.5 Å². The second-order valence-corrected chi connectivity index (χ2v) is 4.29. The number of hydrogen-bond acceptors (Lipinski definition) is 3. The fourth-order valence-corrected chi connectivity index (χ4v) is 1.30. The molecule has 1 rings (SSSR count). The van der Waals surface area contributed by atoms with Gasteiger partial charge in [0.2, 0.25) is 0 Å². The lowest BCUT2D eigenvalue weighted by Gasteiger charge is -2.13. The van der Waals surface area contributed by atoms with Gasteiger partial charge in [-0.3, -0.25) is 4.99 Å². The highest BCUT2D eigenvalue weighted by molar-refractivity contribution is 5.78. The van der Waals surface area contributed by atoms with Gasteiger partial charge in [-0.2, -0.15) is 0 Å². The normalized spacial score (nSPS) is 14.2. The van der Waals surface area contributed by atoms with Crippen LogP contribution in [0.25, 0.3) is 0 Å². The topological polar surface area (TPSA) is 81.1 Å². The smallest absolute Gasteiger partial charge is 0.189 e. The molecule has 0 aromatic carbocycles. The van der Waals surface area contributed by atoms with Crippen LogP contribution in [0, 0.1) is 5.92 Å². The molecule has 1 heterocycles. The first-order chi connectivity index (χ1) is 7.50. The Morgan fingerprint density at radius 2 is 2.25 bits per heavy atom. The number of rotatable bonds is 4. The second-order valence-electron chi connectivity index (χ2n) is 4.29. The summed E-state index contributed by atoms with van der Waals surface area (Å²) >= 11 is 0. The summed E-state index contributed by atoms with van der Waals surface area (Å²) in [5.41, 5.74) is 5.76. The van der Waals surface area contributed by atoms with Crippen molar-refractivity contribution in [3.05, 3.63) is 12.2 Å². The molecule has 0 aliphatic carbocycles. The zero-order valence-corrected chi connectivity index (χ0v) is 10.3. The first-order valence-electron chi connectivity index (χ1n) is 5.41. The van der Waals surface area contributed by atoms with E-state index in [1.165, 1.54) is 0 Å². The maximum atomic E-state index is 5.76. The standard InChI is InChI=1S/C10H20N6/c1-7(2)5-12-10(11)14-8(3)9-15-13-6-16(9)4/h6-8H,5H2,1-4H3,(H3,11,12,14). The molecule has 0 saturated heterocycles. The monoisotopic (exact) mass is 224 g/mol. The summed E-state index contributed by atoms with van der Waals surface area (Å²) in [7, 11) is 1.90. The van der Waals surface area contributed by atoms with Crippen LogP contribution >= 0.6 is 0 Å². The van der Waals surface area contributed by atoms with Gasteiger partial charge in [-0.25, -0.2) is 0 Å². The fraction of sp³-hybridized carbons (Fsp3) is 0.700. The Hall–Kier alpha value is -1.59. The average molecular weight is 224 g/mol. The van der Waals surface area contributed by atoms with Gasteiger partial charge >= 0.3 is 0 Å². The van der Waals surface area contributed by atoms with Gasteiger partial charge in [0, 0.05) is 13.6 Å². The zero-order valence-electron chi connectivity index (χ0n) is 10.3. The molecule has 90 valence electrons. The number of nitrogens with zero attached hydrogens (tertiary/aromatic N) is 4. The SMILES string of the molecule is CC(C)CN=C(N)NC(C)c1nncn1C. The van der Waals surface area contributed by atoms with Crippen molar-refractivity contribution in [1.29, 1.82) is 0 Å². The Balaban J connectivity index is 2.55. The molecule has 0 aliphatic heterocycles. The Morgan fingerprint density at radius 1 is 1.56 bits per heavy atom. The Morgan fingerprint density at radius 3 is 2.75 bits per heavy atom. The summed E-state index contributed by atoms with van der Waals surface area (Å²) in [4.78, 5) is 4.23. The highest BCUT2D eigenvalue weighted by Gasteiger charge is 2.11. The molecule has 1 atom stereocenters. The van der Waals surface area contributed by atoms with E-state index in [0.29, 0.717) is 11.9 Å². The highest BCUT2D eigenvalue weighted by Crippen LogP contribution is 2.06. The van der Waals surface area contributed by atoms with Crippen molar-refractivity contribution in [3.63, 3.8) is 0 Å². The number of guanidine groups is 1. The molecule has 0 aliphatic rings. The molecule has 3 N–H and O–H groups in total. The van der Waals surface area contributed by atoms with Gasteiger partial charge in [-0.15, -0.1) is 10.2 Å². The molecule has 1 aromatic heterocycles. The number of aromatic nitrogens is 3. The lowest BCUT2D eigenvalue weighted by atomic mass is 10.2. The summed E-state index contributed by atoms with van der Waals surface area (Å²) in [5, 5.41) is 10.9. The van der Waals surface area contributed by atoms with Crippen LogP contribution in [0.15, 0.2) is 11.3 Å². The van der Waals surface area contributed by atoms with E-state index >= 15 is 0 Å². The predicted molar refractivity (Wildman–Crippen MR) is 63.9 cm³/mol. The van der Waals surface area contributed by atoms with Crippen molar-refractivity contribution in [3.8, 4) is 0 Å². The first kappa shape index (κ1) is 12.5. The van der Waals surface area contributed by atoms with E-state index in [-0.39, 0.29) is 6.04 Å². The van der Waals surface area contributed by atoms with Crippen LogP contribution in [-0.2, 0) is 7.05 Å². The van der Waals surface area contributed by atoms with Gasteiger partial charge in [0.15, 0.2) is 11.8 Å². The number of aryl methyl sites for hydroxylation is 1. The number of nitrogens with one attached hydrogen (secondary N) is 1. The zero-order chi connectivity index (χ0) is 12.1. The molecule has 6 heteroatoms. The summed E-state index contributed by atoms with van der Waals surface area (Å²) in [6, 6.07) is 0.00316. The molecule has 0 spiro atoms. The van der Waals surface area contributed by atoms with Crippen molar-refractivity contribution >= 4 is 5.96 Å². The van der Waals surface area contributed by atoms with E-state index in [9.17, 15) is 0 Å². The molecular weight excluding hydrogens is 204 g/mol. The third-order valence-electron chi connectivity index (χ3n) is 2.12. The highest BCUT2D eigenvalue weighted by atomic mass is 15.3. The summed E-state index contributed by atoms with van der Waals surface area (Å²) in [5.74, 6) is 1.79. The van der Waals surface area contributed by atoms with Crippen LogP contribution in [0.3, 0.4) is 0 Å². The second kappa shape index (κ2) is 5.48. The Kier molecular flexibility index (Phi) is 4.28. The van der Waals surface area contributed by atoms with Crippen LogP contribution in [0.2, 0.25) is 0 Å². The van der Waals surface area contributed by atoms with E-state index in [4.69, 9.17) is 5.73 Å². The Labute approximate surface area is 96.0 Å². The van der Waals surface area contributed by atoms with Crippen molar-refractivity contribution < 1.29 is 0 Å². The number of hydrogen-bond donors (Lipinski definition) is 2. The molecule has 0 amide bonds. The average Bonchev–Trinajstić information content (AvgIpc) is 2.61. The summed E-state index contributed by atoms with van der Waals surface area (Å²) < 4.78 is 1.85. The minimum Gasteiger partial charge on any atom is -0.370 e. The summed E-state index contributed by atoms with van der Waals surface area (Å²) in [6.45, 7) is 6.90. The van der Waals surface area contributed by atoms with Crippen molar-refractivity contribution in [1.82, 2.24) is 20.1 Å². The third-order valence-corrected chi connectivity index (χ3v) is 2.12. The molecule has 0 bridgehead atoms. The minimum atomic E-state index is 0.00316. The lowest BCUT2D eigenvalue weighted by molar-refractivity contribution is 0.613. The predicted octanol–water partition coefficient (Wildman–Crippen LogP) is 0.436. The number of nitrogens with two attached hydrogens (primary N) is 1. The van der Waals surface area contributed by atoms with Crippen LogP contribution in [0.5, 0.6) is 0 Å². The van der Waals surface area contributed by atoms with E-state index in [0.717, 1.165) is 12.4 Å². The van der Waals surface area contributed by atoms with Gasteiger partial charge in [0.25, 0.3) is 0 Å². The lowest BCUT2D eigenvalue weighted by Crippen LogP contribution is -2.35. The van der Waals surface area contributed by atoms with Crippen molar-refractivity contribution in [2.75, 3.05) is 6.54 Å². The quantitative estimate of drug-likeness (QED) is 0.574. The van der Waals surface area contributed by atoms with Crippen LogP contribution in [0.4, 0.5) is 0 Å². The van der Waals surface area contributed by atoms with Crippen molar-refractivity contribution in [2.45, 2.75) is 26.8 Å². The van der Waals surface area contributed by atoms with Crippen LogP contribution < -0.4 is 11.1 Å². The van der Waals surface area contributed by atoms with Gasteiger partial charge < -0.3 is 15.6 Å². The Bertz CT molecular complexity index is 354. The number of aliphatic imine (C=N–C) groups is 1. The van der Waals surface area contributed by atoms with Crippen molar-refractivity contribution in [2.24, 2.45) is 23.7 Å². The third kappa shape index (κ3) is 3.52. The van der Waals surface area contributed by atoms with Crippen LogP contribution in [0.1, 0.15) is 32.6 Å². The van der Waals surface area contributed by atoms with Crippen LogP contribution in [-0.4, -0.2) is 27.3 Å². The molecule has 6 nitrogen and oxygen atoms in total. The molecule has 0 radical (unpaired) electrons. The molecule has 1 aromatic rings. The fourth-order valence-electron chi connectivity index (χ4n) is 1.30. The maximum absolute atomic E-state index is 5.76. The largest absolute Gasteiger partial charge is 0.370 e. The van der Waals surface area contributed by atoms with Gasteiger partial charge in [-0.1, -0.05) is 13.8 Å². The summed E-state index contributed by atoms with van der Waals surface area (Å²) in [6.07, 6.45) is 1.66. The maximum Gasteiger partial charge on any atom is 0.189 e.